The fourth-order valence-electron chi connectivity index (χ4n) is 3.84. The number of fused-ring (bicyclic) bond motifs is 1. The number of rotatable bonds is 7. The molecule has 166 valence electrons. The van der Waals surface area contributed by atoms with Gasteiger partial charge in [0.25, 0.3) is 5.69 Å². The number of nitro groups is 1. The number of aromatic nitrogens is 1. The Morgan fingerprint density at radius 3 is 2.55 bits per heavy atom. The summed E-state index contributed by atoms with van der Waals surface area (Å²) in [5.41, 5.74) is 1.75. The molecule has 1 N–H and O–H groups in total. The summed E-state index contributed by atoms with van der Waals surface area (Å²) in [6, 6.07) is 9.44. The molecule has 9 nitrogen and oxygen atoms in total. The molecule has 0 saturated heterocycles. The van der Waals surface area contributed by atoms with Gasteiger partial charge >= 0.3 is 6.03 Å². The number of nitro benzene ring substituents is 1. The van der Waals surface area contributed by atoms with Crippen LogP contribution in [0.3, 0.4) is 0 Å². The van der Waals surface area contributed by atoms with Crippen molar-refractivity contribution in [1.29, 1.82) is 0 Å². The molecule has 3 amide bonds. The van der Waals surface area contributed by atoms with E-state index in [2.05, 4.69) is 9.88 Å². The first-order valence-electron chi connectivity index (χ1n) is 10.6. The van der Waals surface area contributed by atoms with Crippen LogP contribution in [0.5, 0.6) is 0 Å². The monoisotopic (exact) mass is 427 g/mol. The Morgan fingerprint density at radius 1 is 1.23 bits per heavy atom. The van der Waals surface area contributed by atoms with E-state index in [1.165, 1.54) is 12.1 Å². The number of hydrogen-bond acceptors (Lipinski definition) is 4. The van der Waals surface area contributed by atoms with Crippen molar-refractivity contribution in [2.24, 2.45) is 0 Å². The van der Waals surface area contributed by atoms with Crippen molar-refractivity contribution >= 4 is 17.6 Å². The summed E-state index contributed by atoms with van der Waals surface area (Å²) in [4.78, 5) is 39.8. The highest BCUT2D eigenvalue weighted by Crippen LogP contribution is 2.33. The third-order valence-corrected chi connectivity index (χ3v) is 5.49. The first kappa shape index (κ1) is 22.3. The molecule has 1 aromatic carbocycles. The number of carbonyl (C=O) groups excluding carboxylic acids is 2. The van der Waals surface area contributed by atoms with Crippen LogP contribution in [0.25, 0.3) is 0 Å². The van der Waals surface area contributed by atoms with Gasteiger partial charge in [-0.2, -0.15) is 0 Å². The SMILES string of the molecule is CCCNC(=O)N(CC(=O)N1CCn2cccc2[C@H]1c1ccc([N+](=O)[O-])cc1)C(C)C. The second-order valence-electron chi connectivity index (χ2n) is 7.92. The molecular formula is C22H29N5O4. The van der Waals surface area contributed by atoms with E-state index in [0.29, 0.717) is 19.6 Å². The molecule has 1 aliphatic rings. The summed E-state index contributed by atoms with van der Waals surface area (Å²) in [5.74, 6) is -0.156. The number of nitrogens with zero attached hydrogens (tertiary/aromatic N) is 4. The molecule has 1 aromatic heterocycles. The molecule has 31 heavy (non-hydrogen) atoms. The molecule has 9 heteroatoms. The number of nitrogens with one attached hydrogen (secondary N) is 1. The fraction of sp³-hybridized carbons (Fsp3) is 0.455. The maximum absolute atomic E-state index is 13.4. The van der Waals surface area contributed by atoms with Gasteiger partial charge in [-0.15, -0.1) is 0 Å². The molecule has 3 rings (SSSR count). The first-order valence-corrected chi connectivity index (χ1v) is 10.6. The number of non-ortho nitro benzene ring substituents is 1. The van der Waals surface area contributed by atoms with Crippen LogP contribution in [0.15, 0.2) is 42.6 Å². The van der Waals surface area contributed by atoms with Crippen LogP contribution in [-0.4, -0.2) is 56.9 Å². The van der Waals surface area contributed by atoms with E-state index in [4.69, 9.17) is 0 Å². The molecule has 0 radical (unpaired) electrons. The summed E-state index contributed by atoms with van der Waals surface area (Å²) in [5, 5.41) is 13.9. The van der Waals surface area contributed by atoms with E-state index in [0.717, 1.165) is 17.7 Å². The number of urea groups is 1. The summed E-state index contributed by atoms with van der Waals surface area (Å²) >= 11 is 0. The Labute approximate surface area is 181 Å². The van der Waals surface area contributed by atoms with Gasteiger partial charge in [0.1, 0.15) is 6.54 Å². The highest BCUT2D eigenvalue weighted by molar-refractivity contribution is 5.85. The van der Waals surface area contributed by atoms with Crippen molar-refractivity contribution in [3.05, 3.63) is 64.0 Å². The first-order chi connectivity index (χ1) is 14.8. The Kier molecular flexibility index (Phi) is 6.94. The summed E-state index contributed by atoms with van der Waals surface area (Å²) in [6.07, 6.45) is 2.78. The zero-order chi connectivity index (χ0) is 22.5. The average Bonchev–Trinajstić information content (AvgIpc) is 3.23. The van der Waals surface area contributed by atoms with E-state index in [1.54, 1.807) is 21.9 Å². The van der Waals surface area contributed by atoms with E-state index < -0.39 is 4.92 Å². The van der Waals surface area contributed by atoms with Gasteiger partial charge in [-0.1, -0.05) is 6.92 Å². The zero-order valence-corrected chi connectivity index (χ0v) is 18.2. The van der Waals surface area contributed by atoms with Gasteiger partial charge in [0.2, 0.25) is 5.91 Å². The highest BCUT2D eigenvalue weighted by atomic mass is 16.6. The number of carbonyl (C=O) groups is 2. The van der Waals surface area contributed by atoms with Gasteiger partial charge in [0.05, 0.1) is 11.0 Å². The van der Waals surface area contributed by atoms with Crippen LogP contribution in [0.1, 0.15) is 44.5 Å². The Morgan fingerprint density at radius 2 is 1.94 bits per heavy atom. The Hall–Kier alpha value is -3.36. The van der Waals surface area contributed by atoms with Crippen LogP contribution in [0.4, 0.5) is 10.5 Å². The van der Waals surface area contributed by atoms with E-state index in [9.17, 15) is 19.7 Å². The van der Waals surface area contributed by atoms with E-state index in [-0.39, 0.29) is 36.3 Å². The van der Waals surface area contributed by atoms with Crippen LogP contribution >= 0.6 is 0 Å². The van der Waals surface area contributed by atoms with E-state index >= 15 is 0 Å². The molecule has 2 aromatic rings. The highest BCUT2D eigenvalue weighted by Gasteiger charge is 2.34. The molecule has 1 aliphatic heterocycles. The van der Waals surface area contributed by atoms with Gasteiger partial charge in [-0.3, -0.25) is 14.9 Å². The smallest absolute Gasteiger partial charge is 0.318 e. The predicted molar refractivity (Wildman–Crippen MR) is 117 cm³/mol. The lowest BCUT2D eigenvalue weighted by molar-refractivity contribution is -0.384. The molecular weight excluding hydrogens is 398 g/mol. The largest absolute Gasteiger partial charge is 0.348 e. The second-order valence-corrected chi connectivity index (χ2v) is 7.92. The minimum absolute atomic E-state index is 0.00592. The Balaban J connectivity index is 1.88. The minimum atomic E-state index is -0.439. The van der Waals surface area contributed by atoms with Crippen molar-refractivity contribution in [3.63, 3.8) is 0 Å². The molecule has 0 unspecified atom stereocenters. The topological polar surface area (TPSA) is 101 Å². The molecule has 1 atom stereocenters. The normalized spacial score (nSPS) is 15.5. The van der Waals surface area contributed by atoms with Gasteiger partial charge in [0.15, 0.2) is 0 Å². The van der Waals surface area contributed by atoms with Crippen molar-refractivity contribution < 1.29 is 14.5 Å². The predicted octanol–water partition coefficient (Wildman–Crippen LogP) is 3.16. The second kappa shape index (κ2) is 9.63. The molecule has 2 heterocycles. The van der Waals surface area contributed by atoms with Crippen molar-refractivity contribution in [1.82, 2.24) is 19.7 Å². The maximum atomic E-state index is 13.4. The quantitative estimate of drug-likeness (QED) is 0.542. The fourth-order valence-corrected chi connectivity index (χ4v) is 3.84. The van der Waals surface area contributed by atoms with Crippen LogP contribution in [-0.2, 0) is 11.3 Å². The van der Waals surface area contributed by atoms with Gasteiger partial charge in [0, 0.05) is 49.7 Å². The lowest BCUT2D eigenvalue weighted by atomic mass is 9.99. The Bertz CT molecular complexity index is 938. The van der Waals surface area contributed by atoms with Crippen molar-refractivity contribution in [2.45, 2.75) is 45.8 Å². The lowest BCUT2D eigenvalue weighted by Gasteiger charge is -2.39. The molecule has 0 aliphatic carbocycles. The molecule has 0 bridgehead atoms. The van der Waals surface area contributed by atoms with Crippen LogP contribution in [0.2, 0.25) is 0 Å². The van der Waals surface area contributed by atoms with Gasteiger partial charge < -0.3 is 19.7 Å². The minimum Gasteiger partial charge on any atom is -0.348 e. The summed E-state index contributed by atoms with van der Waals surface area (Å²) < 4.78 is 2.09. The third kappa shape index (κ3) is 4.87. The maximum Gasteiger partial charge on any atom is 0.318 e. The van der Waals surface area contributed by atoms with Gasteiger partial charge in [-0.05, 0) is 50.1 Å². The summed E-state index contributed by atoms with van der Waals surface area (Å²) in [7, 11) is 0. The third-order valence-electron chi connectivity index (χ3n) is 5.49. The number of hydrogen-bond donors (Lipinski definition) is 1. The van der Waals surface area contributed by atoms with E-state index in [1.807, 2.05) is 39.1 Å². The molecule has 0 spiro atoms. The standard InChI is InChI=1S/C22H29N5O4/c1-4-11-23-22(29)26(16(2)3)15-20(28)25-14-13-24-12-5-6-19(24)21(25)17-7-9-18(10-8-17)27(30)31/h5-10,12,16,21H,4,11,13-15H2,1-3H3,(H,23,29)/t21-/m1/s1. The zero-order valence-electron chi connectivity index (χ0n) is 18.2. The van der Waals surface area contributed by atoms with Crippen molar-refractivity contribution in [2.75, 3.05) is 19.6 Å². The molecule has 0 fully saturated rings. The number of amides is 3. The molecule has 0 saturated carbocycles. The van der Waals surface area contributed by atoms with Crippen LogP contribution in [0, 0.1) is 10.1 Å². The lowest BCUT2D eigenvalue weighted by Crippen LogP contribution is -2.52. The average molecular weight is 428 g/mol. The van der Waals surface area contributed by atoms with Crippen LogP contribution < -0.4 is 5.32 Å². The summed E-state index contributed by atoms with van der Waals surface area (Å²) in [6.45, 7) is 7.41. The van der Waals surface area contributed by atoms with Gasteiger partial charge in [-0.25, -0.2) is 4.79 Å². The van der Waals surface area contributed by atoms with Crippen molar-refractivity contribution in [3.8, 4) is 0 Å². The number of benzene rings is 1.